The molecular weight excluding hydrogens is 372 g/mol. The molecule has 1 unspecified atom stereocenters. The Morgan fingerprint density at radius 3 is 2.77 bits per heavy atom. The van der Waals surface area contributed by atoms with Gasteiger partial charge in [-0.15, -0.1) is 0 Å². The number of para-hydroxylation sites is 1. The van der Waals surface area contributed by atoms with E-state index in [0.717, 1.165) is 52.5 Å². The Hall–Kier alpha value is -2.92. The minimum atomic E-state index is -0.0675. The Bertz CT molecular complexity index is 994. The van der Waals surface area contributed by atoms with Gasteiger partial charge in [0.1, 0.15) is 0 Å². The molecule has 0 saturated carbocycles. The van der Waals surface area contributed by atoms with Crippen molar-refractivity contribution in [1.29, 1.82) is 0 Å². The van der Waals surface area contributed by atoms with Crippen LogP contribution in [0.1, 0.15) is 32.6 Å². The normalized spacial score (nSPS) is 16.4. The van der Waals surface area contributed by atoms with Gasteiger partial charge in [0.2, 0.25) is 5.91 Å². The fraction of sp³-hybridized carbons (Fsp3) is 0.360. The summed E-state index contributed by atoms with van der Waals surface area (Å²) < 4.78 is 0. The summed E-state index contributed by atoms with van der Waals surface area (Å²) in [6, 6.07) is 18.2. The molecule has 0 radical (unpaired) electrons. The molecule has 0 bridgehead atoms. The smallest absolute Gasteiger partial charge is 0.221 e. The molecule has 30 heavy (non-hydrogen) atoms. The van der Waals surface area contributed by atoms with E-state index in [0.29, 0.717) is 0 Å². The van der Waals surface area contributed by atoms with Gasteiger partial charge in [-0.1, -0.05) is 30.3 Å². The van der Waals surface area contributed by atoms with Gasteiger partial charge in [0.25, 0.3) is 0 Å². The number of piperidine rings is 1. The predicted octanol–water partition coefficient (Wildman–Crippen LogP) is 5.05. The first kappa shape index (κ1) is 20.4. The number of carbonyl (C=O) groups excluding carboxylic acids is 1. The van der Waals surface area contributed by atoms with Crippen LogP contribution in [0.2, 0.25) is 0 Å². The number of fused-ring (bicyclic) bond motifs is 1. The van der Waals surface area contributed by atoms with Crippen molar-refractivity contribution in [3.63, 3.8) is 0 Å². The van der Waals surface area contributed by atoms with Crippen molar-refractivity contribution in [2.24, 2.45) is 5.92 Å². The van der Waals surface area contributed by atoms with Crippen molar-refractivity contribution in [1.82, 2.24) is 10.3 Å². The fourth-order valence-electron chi connectivity index (χ4n) is 4.18. The molecule has 1 amide bonds. The average Bonchev–Trinajstić information content (AvgIpc) is 2.77. The fourth-order valence-corrected chi connectivity index (χ4v) is 4.18. The zero-order chi connectivity index (χ0) is 20.8. The third-order valence-corrected chi connectivity index (χ3v) is 5.72. The summed E-state index contributed by atoms with van der Waals surface area (Å²) in [5.74, 6) is 0.745. The maximum atomic E-state index is 11.3. The number of amides is 1. The van der Waals surface area contributed by atoms with Crippen LogP contribution in [0.5, 0.6) is 0 Å². The van der Waals surface area contributed by atoms with Crippen molar-refractivity contribution >= 4 is 28.2 Å². The molecule has 0 spiro atoms. The first-order chi connectivity index (χ1) is 14.7. The van der Waals surface area contributed by atoms with Gasteiger partial charge in [-0.3, -0.25) is 4.79 Å². The maximum Gasteiger partial charge on any atom is 0.221 e. The molecule has 3 N–H and O–H groups in total. The molecule has 156 valence electrons. The van der Waals surface area contributed by atoms with E-state index in [2.05, 4.69) is 40.2 Å². The predicted molar refractivity (Wildman–Crippen MR) is 125 cm³/mol. The summed E-state index contributed by atoms with van der Waals surface area (Å²) in [4.78, 5) is 16.1. The van der Waals surface area contributed by atoms with Gasteiger partial charge >= 0.3 is 0 Å². The molecule has 3 aromatic rings. The van der Waals surface area contributed by atoms with Crippen LogP contribution in [0.15, 0.2) is 54.6 Å². The molecule has 1 saturated heterocycles. The number of pyridine rings is 1. The molecule has 2 heterocycles. The lowest BCUT2D eigenvalue weighted by molar-refractivity contribution is -0.114. The summed E-state index contributed by atoms with van der Waals surface area (Å²) in [5, 5.41) is 11.1. The van der Waals surface area contributed by atoms with Crippen molar-refractivity contribution < 1.29 is 4.79 Å². The van der Waals surface area contributed by atoms with Crippen molar-refractivity contribution in [2.75, 3.05) is 30.3 Å². The summed E-state index contributed by atoms with van der Waals surface area (Å²) in [6.45, 7) is 4.82. The van der Waals surface area contributed by atoms with Crippen LogP contribution in [0.4, 0.5) is 11.4 Å². The Labute approximate surface area is 178 Å². The molecule has 5 nitrogen and oxygen atoms in total. The minimum Gasteiger partial charge on any atom is -0.384 e. The highest BCUT2D eigenvalue weighted by Gasteiger charge is 2.12. The third-order valence-electron chi connectivity index (χ3n) is 5.72. The lowest BCUT2D eigenvalue weighted by Crippen LogP contribution is -2.29. The quantitative estimate of drug-likeness (QED) is 0.484. The van der Waals surface area contributed by atoms with E-state index in [1.54, 1.807) is 0 Å². The van der Waals surface area contributed by atoms with Crippen LogP contribution in [-0.4, -0.2) is 30.5 Å². The van der Waals surface area contributed by atoms with Gasteiger partial charge < -0.3 is 16.0 Å². The second kappa shape index (κ2) is 9.72. The monoisotopic (exact) mass is 402 g/mol. The second-order valence-electron chi connectivity index (χ2n) is 8.11. The van der Waals surface area contributed by atoms with E-state index in [4.69, 9.17) is 4.98 Å². The van der Waals surface area contributed by atoms with Crippen LogP contribution in [0.3, 0.4) is 0 Å². The molecule has 4 rings (SSSR count). The van der Waals surface area contributed by atoms with Gasteiger partial charge in [0.15, 0.2) is 0 Å². The number of anilines is 2. The maximum absolute atomic E-state index is 11.3. The number of aromatic nitrogens is 1. The molecule has 1 aliphatic heterocycles. The third kappa shape index (κ3) is 5.16. The summed E-state index contributed by atoms with van der Waals surface area (Å²) in [5.41, 5.74) is 4.87. The van der Waals surface area contributed by atoms with Crippen LogP contribution < -0.4 is 16.0 Å². The van der Waals surface area contributed by atoms with E-state index in [-0.39, 0.29) is 5.91 Å². The van der Waals surface area contributed by atoms with Gasteiger partial charge in [0.05, 0.1) is 11.2 Å². The SMILES string of the molecule is CC(=O)Nc1ccc(-c2cc(NCCCC3CCCNC3)c3ccccc3n2)cc1. The first-order valence-corrected chi connectivity index (χ1v) is 10.9. The molecule has 1 aliphatic rings. The standard InChI is InChI=1S/C25H30N4O/c1-18(30)28-21-12-10-20(11-13-21)24-16-25(22-8-2-3-9-23(22)29-24)27-15-5-7-19-6-4-14-26-17-19/h2-3,8-13,16,19,26H,4-7,14-15,17H2,1H3,(H,27,29)(H,28,30). The summed E-state index contributed by atoms with van der Waals surface area (Å²) in [7, 11) is 0. The Balaban J connectivity index is 1.49. The topological polar surface area (TPSA) is 66.1 Å². The number of rotatable bonds is 7. The summed E-state index contributed by atoms with van der Waals surface area (Å²) in [6.07, 6.45) is 5.09. The zero-order valence-electron chi connectivity index (χ0n) is 17.6. The highest BCUT2D eigenvalue weighted by atomic mass is 16.1. The van der Waals surface area contributed by atoms with E-state index in [1.807, 2.05) is 30.3 Å². The van der Waals surface area contributed by atoms with Gasteiger partial charge in [-0.25, -0.2) is 4.98 Å². The molecule has 5 heteroatoms. The second-order valence-corrected chi connectivity index (χ2v) is 8.11. The number of nitrogens with zero attached hydrogens (tertiary/aromatic N) is 1. The van der Waals surface area contributed by atoms with Gasteiger partial charge in [-0.05, 0) is 69.0 Å². The van der Waals surface area contributed by atoms with E-state index < -0.39 is 0 Å². The van der Waals surface area contributed by atoms with Crippen molar-refractivity contribution in [3.05, 3.63) is 54.6 Å². The van der Waals surface area contributed by atoms with Crippen LogP contribution in [0.25, 0.3) is 22.2 Å². The molecule has 1 aromatic heterocycles. The van der Waals surface area contributed by atoms with Gasteiger partial charge in [0, 0.05) is 35.8 Å². The van der Waals surface area contributed by atoms with Crippen LogP contribution in [-0.2, 0) is 4.79 Å². The molecule has 1 fully saturated rings. The van der Waals surface area contributed by atoms with Crippen molar-refractivity contribution in [3.8, 4) is 11.3 Å². The van der Waals surface area contributed by atoms with Crippen LogP contribution >= 0.6 is 0 Å². The Kier molecular flexibility index (Phi) is 6.60. The zero-order valence-corrected chi connectivity index (χ0v) is 17.6. The average molecular weight is 403 g/mol. The number of benzene rings is 2. The number of nitrogens with one attached hydrogen (secondary N) is 3. The number of hydrogen-bond acceptors (Lipinski definition) is 4. The molecular formula is C25H30N4O. The minimum absolute atomic E-state index is 0.0675. The molecule has 1 atom stereocenters. The van der Waals surface area contributed by atoms with E-state index >= 15 is 0 Å². The van der Waals surface area contributed by atoms with Crippen molar-refractivity contribution in [2.45, 2.75) is 32.6 Å². The lowest BCUT2D eigenvalue weighted by atomic mass is 9.95. The van der Waals surface area contributed by atoms with Crippen LogP contribution in [0, 0.1) is 5.92 Å². The highest BCUT2D eigenvalue weighted by molar-refractivity contribution is 5.94. The highest BCUT2D eigenvalue weighted by Crippen LogP contribution is 2.29. The lowest BCUT2D eigenvalue weighted by Gasteiger charge is -2.22. The van der Waals surface area contributed by atoms with E-state index in [1.165, 1.54) is 39.2 Å². The number of hydrogen-bond donors (Lipinski definition) is 3. The molecule has 2 aromatic carbocycles. The van der Waals surface area contributed by atoms with E-state index in [9.17, 15) is 4.79 Å². The first-order valence-electron chi connectivity index (χ1n) is 10.9. The molecule has 0 aliphatic carbocycles. The Morgan fingerprint density at radius 1 is 1.17 bits per heavy atom. The van der Waals surface area contributed by atoms with Gasteiger partial charge in [-0.2, -0.15) is 0 Å². The summed E-state index contributed by atoms with van der Waals surface area (Å²) >= 11 is 0. The number of carbonyl (C=O) groups is 1. The largest absolute Gasteiger partial charge is 0.384 e. The Morgan fingerprint density at radius 2 is 2.00 bits per heavy atom.